The smallest absolute Gasteiger partial charge is 0.279 e. The second kappa shape index (κ2) is 14.1. The van der Waals surface area contributed by atoms with E-state index >= 15 is 0 Å². The van der Waals surface area contributed by atoms with E-state index in [1.165, 1.54) is 11.3 Å². The average Bonchev–Trinajstić information content (AvgIpc) is 3.07. The first-order valence-corrected chi connectivity index (χ1v) is 13.8. The molecule has 3 rings (SSSR count). The molecule has 2 amide bonds. The van der Waals surface area contributed by atoms with Crippen LogP contribution in [0.5, 0.6) is 0 Å². The molecule has 36 heavy (non-hydrogen) atoms. The standard InChI is InChI=1S/C27H40N6O2S/c1-21-20-36-26(27(28)30-14-10-13-29-2)25(21)32-24(35)19-33(15-8-3-4-9-16-33)18-23(34)31-17-22-11-6-5-7-12-22/h5-7,11-12,20,29H,3-4,8-10,13-19H2,1-2H3,(H3-,28,30,31,32,34,35)/p+1. The number of anilines is 1. The molecule has 1 aliphatic heterocycles. The van der Waals surface area contributed by atoms with Gasteiger partial charge in [0.2, 0.25) is 0 Å². The molecule has 1 fully saturated rings. The van der Waals surface area contributed by atoms with E-state index in [-0.39, 0.29) is 18.4 Å². The third-order valence-electron chi connectivity index (χ3n) is 6.64. The van der Waals surface area contributed by atoms with E-state index in [0.29, 0.717) is 30.0 Å². The summed E-state index contributed by atoms with van der Waals surface area (Å²) < 4.78 is 0.485. The van der Waals surface area contributed by atoms with E-state index in [1.807, 2.05) is 49.7 Å². The number of carbonyl (C=O) groups is 2. The Hall–Kier alpha value is -2.75. The van der Waals surface area contributed by atoms with Crippen LogP contribution in [0.4, 0.5) is 5.69 Å². The van der Waals surface area contributed by atoms with Gasteiger partial charge < -0.3 is 26.2 Å². The molecule has 2 aromatic rings. The van der Waals surface area contributed by atoms with Gasteiger partial charge in [-0.05, 0) is 69.1 Å². The van der Waals surface area contributed by atoms with Crippen LogP contribution < -0.4 is 21.7 Å². The number of likely N-dealkylation sites (tertiary alicyclic amines) is 1. The van der Waals surface area contributed by atoms with Crippen LogP contribution in [0, 0.1) is 6.92 Å². The van der Waals surface area contributed by atoms with E-state index < -0.39 is 0 Å². The van der Waals surface area contributed by atoms with Gasteiger partial charge in [-0.1, -0.05) is 30.3 Å². The number of nitrogens with two attached hydrogens (primary N) is 1. The number of hydrogen-bond donors (Lipinski definition) is 4. The number of rotatable bonds is 12. The van der Waals surface area contributed by atoms with Crippen LogP contribution in [0.15, 0.2) is 40.7 Å². The molecule has 1 saturated heterocycles. The Morgan fingerprint density at radius 2 is 1.75 bits per heavy atom. The first-order valence-electron chi connectivity index (χ1n) is 12.9. The van der Waals surface area contributed by atoms with Crippen molar-refractivity contribution in [2.75, 3.05) is 51.6 Å². The van der Waals surface area contributed by atoms with Gasteiger partial charge in [-0.2, -0.15) is 0 Å². The molecule has 0 bridgehead atoms. The number of aryl methyl sites for hydroxylation is 1. The maximum atomic E-state index is 13.3. The molecule has 0 unspecified atom stereocenters. The predicted molar refractivity (Wildman–Crippen MR) is 148 cm³/mol. The summed E-state index contributed by atoms with van der Waals surface area (Å²) in [6, 6.07) is 9.90. The molecule has 1 aromatic carbocycles. The van der Waals surface area contributed by atoms with Crippen LogP contribution in [0.3, 0.4) is 0 Å². The molecule has 1 aromatic heterocycles. The number of nitrogens with one attached hydrogen (secondary N) is 3. The Kier molecular flexibility index (Phi) is 10.9. The highest BCUT2D eigenvalue weighted by molar-refractivity contribution is 7.13. The Morgan fingerprint density at radius 1 is 1.06 bits per heavy atom. The minimum Gasteiger partial charge on any atom is -0.383 e. The Morgan fingerprint density at radius 3 is 2.44 bits per heavy atom. The molecular weight excluding hydrogens is 472 g/mol. The highest BCUT2D eigenvalue weighted by atomic mass is 32.1. The minimum absolute atomic E-state index is 0.0149. The van der Waals surface area contributed by atoms with Crippen LogP contribution in [-0.2, 0) is 16.1 Å². The van der Waals surface area contributed by atoms with Crippen LogP contribution in [0.1, 0.15) is 48.1 Å². The van der Waals surface area contributed by atoms with Gasteiger partial charge in [-0.25, -0.2) is 0 Å². The first kappa shape index (κ1) is 27.8. The monoisotopic (exact) mass is 513 g/mol. The summed E-state index contributed by atoms with van der Waals surface area (Å²) in [6.45, 7) is 6.22. The molecule has 0 aliphatic carbocycles. The van der Waals surface area contributed by atoms with Gasteiger partial charge >= 0.3 is 0 Å². The van der Waals surface area contributed by atoms with E-state index in [4.69, 9.17) is 5.73 Å². The van der Waals surface area contributed by atoms with Crippen molar-refractivity contribution in [1.82, 2.24) is 10.6 Å². The SMILES string of the molecule is CNCCCN=C(N)c1scc(C)c1NC(=O)C[N+]1(CC(=O)NCc2ccccc2)CCCCCC1. The fraction of sp³-hybridized carbons (Fsp3) is 0.519. The lowest BCUT2D eigenvalue weighted by molar-refractivity contribution is -0.912. The number of amides is 2. The Bertz CT molecular complexity index is 1010. The Labute approximate surface area is 219 Å². The zero-order chi connectivity index (χ0) is 25.8. The molecule has 0 spiro atoms. The largest absolute Gasteiger partial charge is 0.383 e. The summed E-state index contributed by atoms with van der Waals surface area (Å²) in [7, 11) is 1.91. The predicted octanol–water partition coefficient (Wildman–Crippen LogP) is 3.02. The third kappa shape index (κ3) is 8.43. The third-order valence-corrected chi connectivity index (χ3v) is 7.76. The van der Waals surface area contributed by atoms with E-state index in [0.717, 1.165) is 73.4 Å². The van der Waals surface area contributed by atoms with Crippen molar-refractivity contribution >= 4 is 34.7 Å². The highest BCUT2D eigenvalue weighted by Crippen LogP contribution is 2.28. The minimum atomic E-state index is -0.0847. The number of amidine groups is 1. The molecule has 196 valence electrons. The summed E-state index contributed by atoms with van der Waals surface area (Å²) in [6.07, 6.45) is 5.22. The second-order valence-electron chi connectivity index (χ2n) is 9.68. The van der Waals surface area contributed by atoms with E-state index in [1.54, 1.807) is 0 Å². The molecule has 9 heteroatoms. The van der Waals surface area contributed by atoms with Crippen LogP contribution in [0.25, 0.3) is 0 Å². The molecule has 5 N–H and O–H groups in total. The van der Waals surface area contributed by atoms with Crippen LogP contribution in [0.2, 0.25) is 0 Å². The summed E-state index contributed by atoms with van der Waals surface area (Å²) >= 11 is 1.50. The number of hydrogen-bond acceptors (Lipinski definition) is 5. The summed E-state index contributed by atoms with van der Waals surface area (Å²) in [5.74, 6) is 0.357. The second-order valence-corrected chi connectivity index (χ2v) is 10.6. The fourth-order valence-corrected chi connectivity index (χ4v) is 5.62. The maximum absolute atomic E-state index is 13.3. The maximum Gasteiger partial charge on any atom is 0.279 e. The number of quaternary nitrogens is 1. The lowest BCUT2D eigenvalue weighted by Gasteiger charge is -2.36. The van der Waals surface area contributed by atoms with Gasteiger partial charge in [-0.15, -0.1) is 11.3 Å². The van der Waals surface area contributed by atoms with Gasteiger partial charge in [0, 0.05) is 13.1 Å². The lowest BCUT2D eigenvalue weighted by atomic mass is 10.2. The molecule has 8 nitrogen and oxygen atoms in total. The highest BCUT2D eigenvalue weighted by Gasteiger charge is 2.34. The van der Waals surface area contributed by atoms with Crippen LogP contribution >= 0.6 is 11.3 Å². The molecule has 2 heterocycles. The van der Waals surface area contributed by atoms with Gasteiger partial charge in [0.15, 0.2) is 13.1 Å². The molecular formula is C27H41N6O2S+. The summed E-state index contributed by atoms with van der Waals surface area (Å²) in [5.41, 5.74) is 9.05. The number of carbonyl (C=O) groups excluding carboxylic acids is 2. The van der Waals surface area contributed by atoms with E-state index in [9.17, 15) is 9.59 Å². The van der Waals surface area contributed by atoms with Crippen LogP contribution in [-0.4, -0.2) is 68.4 Å². The van der Waals surface area contributed by atoms with E-state index in [2.05, 4.69) is 20.9 Å². The number of nitrogens with zero attached hydrogens (tertiary/aromatic N) is 2. The first-order chi connectivity index (χ1) is 17.4. The van der Waals surface area contributed by atoms with Crippen molar-refractivity contribution in [2.45, 2.75) is 45.6 Å². The van der Waals surface area contributed by atoms with Crippen molar-refractivity contribution in [3.8, 4) is 0 Å². The van der Waals surface area contributed by atoms with Gasteiger partial charge in [0.25, 0.3) is 11.8 Å². The van der Waals surface area contributed by atoms with Crippen molar-refractivity contribution in [2.24, 2.45) is 10.7 Å². The Balaban J connectivity index is 1.67. The van der Waals surface area contributed by atoms with Crippen molar-refractivity contribution in [3.05, 3.63) is 51.7 Å². The molecule has 0 atom stereocenters. The zero-order valence-corrected chi connectivity index (χ0v) is 22.5. The van der Waals surface area contributed by atoms with Crippen molar-refractivity contribution < 1.29 is 14.1 Å². The molecule has 0 saturated carbocycles. The van der Waals surface area contributed by atoms with Crippen molar-refractivity contribution in [3.63, 3.8) is 0 Å². The molecule has 1 aliphatic rings. The normalized spacial score (nSPS) is 15.8. The average molecular weight is 514 g/mol. The zero-order valence-electron chi connectivity index (χ0n) is 21.6. The van der Waals surface area contributed by atoms with Crippen molar-refractivity contribution in [1.29, 1.82) is 0 Å². The molecule has 0 radical (unpaired) electrons. The summed E-state index contributed by atoms with van der Waals surface area (Å²) in [5, 5.41) is 11.3. The fourth-order valence-electron chi connectivity index (χ4n) is 4.69. The van der Waals surface area contributed by atoms with Gasteiger partial charge in [0.05, 0.1) is 23.7 Å². The number of aliphatic imine (C=N–C) groups is 1. The topological polar surface area (TPSA) is 109 Å². The number of benzene rings is 1. The quantitative estimate of drug-likeness (QED) is 0.151. The van der Waals surface area contributed by atoms with Gasteiger partial charge in [-0.3, -0.25) is 14.6 Å². The number of thiophene rings is 1. The summed E-state index contributed by atoms with van der Waals surface area (Å²) in [4.78, 5) is 31.6. The van der Waals surface area contributed by atoms with Gasteiger partial charge in [0.1, 0.15) is 5.84 Å². The lowest BCUT2D eigenvalue weighted by Crippen LogP contribution is -2.57.